The van der Waals surface area contributed by atoms with E-state index in [1.807, 2.05) is 0 Å². The number of hydrogen-bond acceptors (Lipinski definition) is 2. The van der Waals surface area contributed by atoms with Gasteiger partial charge in [0.25, 0.3) is 0 Å². The predicted molar refractivity (Wildman–Crippen MR) is 56.8 cm³/mol. The van der Waals surface area contributed by atoms with Crippen molar-refractivity contribution in [2.24, 2.45) is 0 Å². The van der Waals surface area contributed by atoms with Gasteiger partial charge in [0.05, 0.1) is 11.8 Å². The summed E-state index contributed by atoms with van der Waals surface area (Å²) in [6.45, 7) is 1.06. The van der Waals surface area contributed by atoms with Gasteiger partial charge in [-0.3, -0.25) is 0 Å². The van der Waals surface area contributed by atoms with Crippen molar-refractivity contribution in [2.75, 3.05) is 0 Å². The van der Waals surface area contributed by atoms with Gasteiger partial charge < -0.3 is 4.57 Å². The minimum Gasteiger partial charge on any atom is -0.331 e. The molecule has 3 nitrogen and oxygen atoms in total. The fourth-order valence-corrected chi connectivity index (χ4v) is 2.55. The molecule has 0 saturated heterocycles. The number of imidazole rings is 1. The summed E-state index contributed by atoms with van der Waals surface area (Å²) < 4.78 is 3.25. The number of nitrogens with zero attached hydrogens (tertiary/aromatic N) is 3. The van der Waals surface area contributed by atoms with E-state index in [9.17, 15) is 0 Å². The summed E-state index contributed by atoms with van der Waals surface area (Å²) in [6.07, 6.45) is 4.93. The monoisotopic (exact) mass is 253 g/mol. The third kappa shape index (κ3) is 1.69. The number of halogens is 1. The molecule has 4 heteroatoms. The van der Waals surface area contributed by atoms with Crippen molar-refractivity contribution in [3.8, 4) is 6.07 Å². The minimum atomic E-state index is 0.558. The van der Waals surface area contributed by atoms with Crippen molar-refractivity contribution < 1.29 is 0 Å². The topological polar surface area (TPSA) is 41.6 Å². The van der Waals surface area contributed by atoms with E-state index in [-0.39, 0.29) is 0 Å². The van der Waals surface area contributed by atoms with Crippen LogP contribution < -0.4 is 0 Å². The lowest BCUT2D eigenvalue weighted by atomic mass is 10.1. The molecule has 1 aliphatic rings. The maximum Gasteiger partial charge on any atom is 0.127 e. The molecule has 0 aromatic carbocycles. The Morgan fingerprint density at radius 3 is 3.14 bits per heavy atom. The third-order valence-corrected chi connectivity index (χ3v) is 3.24. The molecule has 0 spiro atoms. The van der Waals surface area contributed by atoms with E-state index in [4.69, 9.17) is 5.26 Å². The molecule has 0 aliphatic carbocycles. The molecule has 0 unspecified atom stereocenters. The van der Waals surface area contributed by atoms with Gasteiger partial charge in [0.1, 0.15) is 10.4 Å². The molecular formula is C10H12BrN3. The standard InChI is InChI=1S/C10H12BrN3/c11-10-8-4-1-2-7-14(8)9(13-10)5-3-6-12/h1-5,7H2. The van der Waals surface area contributed by atoms with E-state index < -0.39 is 0 Å². The van der Waals surface area contributed by atoms with Crippen LogP contribution >= 0.6 is 15.9 Å². The third-order valence-electron chi connectivity index (χ3n) is 2.61. The summed E-state index contributed by atoms with van der Waals surface area (Å²) in [7, 11) is 0. The first-order chi connectivity index (χ1) is 6.83. The Morgan fingerprint density at radius 2 is 2.36 bits per heavy atom. The highest BCUT2D eigenvalue weighted by Crippen LogP contribution is 2.25. The average Bonchev–Trinajstić information content (AvgIpc) is 2.54. The van der Waals surface area contributed by atoms with Gasteiger partial charge in [0.15, 0.2) is 0 Å². The van der Waals surface area contributed by atoms with E-state index >= 15 is 0 Å². The second-order valence-electron chi connectivity index (χ2n) is 3.53. The van der Waals surface area contributed by atoms with Crippen LogP contribution in [0, 0.1) is 11.3 Å². The summed E-state index contributed by atoms with van der Waals surface area (Å²) in [5.74, 6) is 1.06. The molecular weight excluding hydrogens is 242 g/mol. The first-order valence-electron chi connectivity index (χ1n) is 4.93. The first-order valence-corrected chi connectivity index (χ1v) is 5.73. The summed E-state index contributed by atoms with van der Waals surface area (Å²) in [5, 5.41) is 8.54. The van der Waals surface area contributed by atoms with Gasteiger partial charge in [-0.15, -0.1) is 0 Å². The molecule has 0 amide bonds. The summed E-state index contributed by atoms with van der Waals surface area (Å²) in [6, 6.07) is 2.16. The Balaban J connectivity index is 2.28. The van der Waals surface area contributed by atoms with E-state index in [0.29, 0.717) is 6.42 Å². The molecule has 2 rings (SSSR count). The van der Waals surface area contributed by atoms with Crippen molar-refractivity contribution in [3.05, 3.63) is 16.1 Å². The number of nitriles is 1. The quantitative estimate of drug-likeness (QED) is 0.813. The summed E-state index contributed by atoms with van der Waals surface area (Å²) in [4.78, 5) is 4.46. The van der Waals surface area contributed by atoms with E-state index in [1.54, 1.807) is 0 Å². The summed E-state index contributed by atoms with van der Waals surface area (Å²) in [5.41, 5.74) is 1.31. The van der Waals surface area contributed by atoms with Gasteiger partial charge in [-0.1, -0.05) is 0 Å². The van der Waals surface area contributed by atoms with Gasteiger partial charge in [0.2, 0.25) is 0 Å². The fourth-order valence-electron chi connectivity index (χ4n) is 1.93. The summed E-state index contributed by atoms with van der Waals surface area (Å²) >= 11 is 3.48. The van der Waals surface area contributed by atoms with Crippen molar-refractivity contribution in [1.82, 2.24) is 9.55 Å². The fraction of sp³-hybridized carbons (Fsp3) is 0.600. The van der Waals surface area contributed by atoms with E-state index in [0.717, 1.165) is 29.8 Å². The van der Waals surface area contributed by atoms with Crippen molar-refractivity contribution in [1.29, 1.82) is 5.26 Å². The lowest BCUT2D eigenvalue weighted by Crippen LogP contribution is -2.12. The van der Waals surface area contributed by atoms with Gasteiger partial charge in [0, 0.05) is 19.4 Å². The van der Waals surface area contributed by atoms with Crippen LogP contribution in [-0.4, -0.2) is 9.55 Å². The number of rotatable bonds is 2. The Morgan fingerprint density at radius 1 is 1.50 bits per heavy atom. The van der Waals surface area contributed by atoms with Crippen LogP contribution in [0.15, 0.2) is 4.60 Å². The normalized spacial score (nSPS) is 14.9. The van der Waals surface area contributed by atoms with E-state index in [1.165, 1.54) is 18.5 Å². The maximum absolute atomic E-state index is 8.54. The van der Waals surface area contributed by atoms with Crippen LogP contribution in [-0.2, 0) is 19.4 Å². The van der Waals surface area contributed by atoms with Crippen molar-refractivity contribution in [2.45, 2.75) is 38.6 Å². The number of aryl methyl sites for hydroxylation is 1. The van der Waals surface area contributed by atoms with Gasteiger partial charge in [-0.25, -0.2) is 4.98 Å². The molecule has 0 radical (unpaired) electrons. The molecule has 1 aliphatic heterocycles. The molecule has 2 heterocycles. The van der Waals surface area contributed by atoms with Gasteiger partial charge in [-0.05, 0) is 35.2 Å². The molecule has 14 heavy (non-hydrogen) atoms. The van der Waals surface area contributed by atoms with Crippen LogP contribution in [0.25, 0.3) is 0 Å². The molecule has 0 bridgehead atoms. The maximum atomic E-state index is 8.54. The van der Waals surface area contributed by atoms with E-state index in [2.05, 4.69) is 31.6 Å². The highest BCUT2D eigenvalue weighted by molar-refractivity contribution is 9.10. The van der Waals surface area contributed by atoms with Crippen molar-refractivity contribution in [3.63, 3.8) is 0 Å². The smallest absolute Gasteiger partial charge is 0.127 e. The molecule has 0 atom stereocenters. The zero-order valence-corrected chi connectivity index (χ0v) is 9.55. The lowest BCUT2D eigenvalue weighted by molar-refractivity contribution is 0.513. The Kier molecular flexibility index (Phi) is 2.87. The highest BCUT2D eigenvalue weighted by Gasteiger charge is 2.17. The molecule has 74 valence electrons. The predicted octanol–water partition coefficient (Wildman–Crippen LogP) is 2.44. The Bertz CT molecular complexity index is 375. The van der Waals surface area contributed by atoms with Gasteiger partial charge >= 0.3 is 0 Å². The lowest BCUT2D eigenvalue weighted by Gasteiger charge is -2.16. The highest BCUT2D eigenvalue weighted by atomic mass is 79.9. The van der Waals surface area contributed by atoms with Crippen LogP contribution in [0.3, 0.4) is 0 Å². The van der Waals surface area contributed by atoms with Gasteiger partial charge in [-0.2, -0.15) is 5.26 Å². The van der Waals surface area contributed by atoms with Crippen LogP contribution in [0.1, 0.15) is 30.8 Å². The SMILES string of the molecule is N#CCCc1nc(Br)c2n1CCCC2. The van der Waals surface area contributed by atoms with Crippen LogP contribution in [0.4, 0.5) is 0 Å². The zero-order chi connectivity index (χ0) is 9.97. The number of hydrogen-bond donors (Lipinski definition) is 0. The molecule has 0 N–H and O–H groups in total. The van der Waals surface area contributed by atoms with Crippen molar-refractivity contribution >= 4 is 15.9 Å². The number of fused-ring (bicyclic) bond motifs is 1. The van der Waals surface area contributed by atoms with Crippen LogP contribution in [0.5, 0.6) is 0 Å². The second kappa shape index (κ2) is 4.14. The molecule has 0 fully saturated rings. The average molecular weight is 254 g/mol. The second-order valence-corrected chi connectivity index (χ2v) is 4.28. The van der Waals surface area contributed by atoms with Crippen LogP contribution in [0.2, 0.25) is 0 Å². The first kappa shape index (κ1) is 9.72. The number of aromatic nitrogens is 2. The molecule has 1 aromatic heterocycles. The minimum absolute atomic E-state index is 0.558. The molecule has 1 aromatic rings. The Labute approximate surface area is 91.9 Å². The zero-order valence-electron chi connectivity index (χ0n) is 7.96. The molecule has 0 saturated carbocycles. The Hall–Kier alpha value is -0.820. The largest absolute Gasteiger partial charge is 0.331 e.